The highest BCUT2D eigenvalue weighted by atomic mass is 16.5. The van der Waals surface area contributed by atoms with Crippen molar-refractivity contribution in [2.45, 2.75) is 58.0 Å². The van der Waals surface area contributed by atoms with E-state index in [2.05, 4.69) is 19.2 Å². The van der Waals surface area contributed by atoms with Gasteiger partial charge in [0.15, 0.2) is 5.82 Å². The largest absolute Gasteiger partial charge is 0.367 e. The highest BCUT2D eigenvalue weighted by Crippen LogP contribution is 2.34. The average Bonchev–Trinajstić information content (AvgIpc) is 2.49. The number of aryl methyl sites for hydroxylation is 2. The monoisotopic (exact) mass is 289 g/mol. The van der Waals surface area contributed by atoms with Crippen LogP contribution in [0, 0.1) is 12.8 Å². The molecule has 1 aromatic rings. The molecule has 116 valence electrons. The number of fused-ring (bicyclic) bond motifs is 1. The predicted molar refractivity (Wildman–Crippen MR) is 83.4 cm³/mol. The van der Waals surface area contributed by atoms with Crippen molar-refractivity contribution in [1.29, 1.82) is 0 Å². The highest BCUT2D eigenvalue weighted by Gasteiger charge is 2.34. The van der Waals surface area contributed by atoms with E-state index in [9.17, 15) is 0 Å². The zero-order valence-corrected chi connectivity index (χ0v) is 13.5. The molecule has 3 rings (SSSR count). The summed E-state index contributed by atoms with van der Waals surface area (Å²) >= 11 is 0. The first-order valence-electron chi connectivity index (χ1n) is 8.28. The molecule has 1 N–H and O–H groups in total. The number of nitrogens with one attached hydrogen (secondary N) is 1. The lowest BCUT2D eigenvalue weighted by Crippen LogP contribution is -2.34. The summed E-state index contributed by atoms with van der Waals surface area (Å²) in [5.74, 6) is 1.63. The van der Waals surface area contributed by atoms with Crippen LogP contribution in [0.4, 0.5) is 0 Å². The van der Waals surface area contributed by atoms with Crippen molar-refractivity contribution in [2.75, 3.05) is 20.2 Å². The standard InChI is InChI=1S/C17H27N3O/c1-12-14-10-13(11-18-3)6-7-15(14)20-16(19-12)17(2)8-4-5-9-21-17/h13,18H,4-11H2,1-3H3. The number of rotatable bonds is 3. The van der Waals surface area contributed by atoms with Crippen LogP contribution < -0.4 is 5.32 Å². The molecular weight excluding hydrogens is 262 g/mol. The van der Waals surface area contributed by atoms with E-state index in [1.165, 1.54) is 24.1 Å². The molecule has 1 saturated heterocycles. The molecule has 0 spiro atoms. The molecule has 1 aromatic heterocycles. The van der Waals surface area contributed by atoms with Crippen molar-refractivity contribution >= 4 is 0 Å². The van der Waals surface area contributed by atoms with Gasteiger partial charge in [-0.05, 0) is 77.4 Å². The predicted octanol–water partition coefficient (Wildman–Crippen LogP) is 2.53. The fourth-order valence-corrected chi connectivity index (χ4v) is 3.67. The number of hydrogen-bond donors (Lipinski definition) is 1. The van der Waals surface area contributed by atoms with Crippen LogP contribution in [-0.2, 0) is 23.2 Å². The SMILES string of the molecule is CNCC1CCc2nc(C3(C)CCCCO3)nc(C)c2C1. The molecule has 1 aliphatic heterocycles. The zero-order valence-electron chi connectivity index (χ0n) is 13.5. The van der Waals surface area contributed by atoms with Gasteiger partial charge in [-0.25, -0.2) is 9.97 Å². The van der Waals surface area contributed by atoms with E-state index in [4.69, 9.17) is 14.7 Å². The van der Waals surface area contributed by atoms with Crippen molar-refractivity contribution in [2.24, 2.45) is 5.92 Å². The van der Waals surface area contributed by atoms with Gasteiger partial charge in [-0.3, -0.25) is 0 Å². The van der Waals surface area contributed by atoms with Gasteiger partial charge in [0.1, 0.15) is 5.60 Å². The van der Waals surface area contributed by atoms with Crippen molar-refractivity contribution in [1.82, 2.24) is 15.3 Å². The van der Waals surface area contributed by atoms with Gasteiger partial charge in [-0.15, -0.1) is 0 Å². The van der Waals surface area contributed by atoms with Gasteiger partial charge in [-0.2, -0.15) is 0 Å². The third-order valence-corrected chi connectivity index (χ3v) is 5.02. The Morgan fingerprint density at radius 2 is 2.19 bits per heavy atom. The molecule has 2 aliphatic rings. The second-order valence-corrected chi connectivity index (χ2v) is 6.76. The Hall–Kier alpha value is -1.00. The zero-order chi connectivity index (χ0) is 14.9. The normalized spacial score (nSPS) is 29.2. The highest BCUT2D eigenvalue weighted by molar-refractivity contribution is 5.29. The maximum atomic E-state index is 6.02. The van der Waals surface area contributed by atoms with Crippen molar-refractivity contribution < 1.29 is 4.74 Å². The molecule has 1 aliphatic carbocycles. The summed E-state index contributed by atoms with van der Waals surface area (Å²) in [6.45, 7) is 6.21. The van der Waals surface area contributed by atoms with Crippen LogP contribution in [0.5, 0.6) is 0 Å². The van der Waals surface area contributed by atoms with Gasteiger partial charge in [-0.1, -0.05) is 0 Å². The van der Waals surface area contributed by atoms with Gasteiger partial charge in [0.25, 0.3) is 0 Å². The summed E-state index contributed by atoms with van der Waals surface area (Å²) in [6, 6.07) is 0. The Labute approximate surface area is 127 Å². The van der Waals surface area contributed by atoms with Gasteiger partial charge in [0.2, 0.25) is 0 Å². The minimum Gasteiger partial charge on any atom is -0.367 e. The van der Waals surface area contributed by atoms with Crippen LogP contribution in [0.2, 0.25) is 0 Å². The Morgan fingerprint density at radius 1 is 1.33 bits per heavy atom. The van der Waals surface area contributed by atoms with Crippen LogP contribution in [0.3, 0.4) is 0 Å². The fraction of sp³-hybridized carbons (Fsp3) is 0.765. The molecule has 4 nitrogen and oxygen atoms in total. The van der Waals surface area contributed by atoms with E-state index in [1.54, 1.807) is 0 Å². The molecule has 0 aromatic carbocycles. The van der Waals surface area contributed by atoms with Crippen molar-refractivity contribution in [3.8, 4) is 0 Å². The Kier molecular flexibility index (Phi) is 4.27. The molecule has 1 fully saturated rings. The van der Waals surface area contributed by atoms with E-state index in [0.717, 1.165) is 56.3 Å². The molecule has 0 radical (unpaired) electrons. The van der Waals surface area contributed by atoms with E-state index in [-0.39, 0.29) is 5.60 Å². The summed E-state index contributed by atoms with van der Waals surface area (Å²) < 4.78 is 6.02. The molecule has 2 atom stereocenters. The summed E-state index contributed by atoms with van der Waals surface area (Å²) in [5, 5.41) is 3.30. The molecule has 0 bridgehead atoms. The molecule has 0 saturated carbocycles. The second kappa shape index (κ2) is 6.01. The van der Waals surface area contributed by atoms with E-state index in [0.29, 0.717) is 0 Å². The van der Waals surface area contributed by atoms with Crippen LogP contribution in [0.15, 0.2) is 0 Å². The third kappa shape index (κ3) is 2.97. The fourth-order valence-electron chi connectivity index (χ4n) is 3.67. The Morgan fingerprint density at radius 3 is 2.90 bits per heavy atom. The van der Waals surface area contributed by atoms with E-state index in [1.807, 2.05) is 7.05 Å². The lowest BCUT2D eigenvalue weighted by Gasteiger charge is -2.34. The second-order valence-electron chi connectivity index (χ2n) is 6.76. The van der Waals surface area contributed by atoms with Crippen molar-refractivity contribution in [3.63, 3.8) is 0 Å². The lowest BCUT2D eigenvalue weighted by atomic mass is 9.85. The molecule has 21 heavy (non-hydrogen) atoms. The van der Waals surface area contributed by atoms with Crippen molar-refractivity contribution in [3.05, 3.63) is 22.8 Å². The Bertz CT molecular complexity index is 509. The average molecular weight is 289 g/mol. The topological polar surface area (TPSA) is 47.0 Å². The minimum absolute atomic E-state index is 0.278. The van der Waals surface area contributed by atoms with E-state index >= 15 is 0 Å². The summed E-state index contributed by atoms with van der Waals surface area (Å²) in [7, 11) is 2.03. The number of aromatic nitrogens is 2. The Balaban J connectivity index is 1.88. The van der Waals surface area contributed by atoms with Crippen LogP contribution in [0.1, 0.15) is 55.4 Å². The lowest BCUT2D eigenvalue weighted by molar-refractivity contribution is -0.0763. The maximum absolute atomic E-state index is 6.02. The van der Waals surface area contributed by atoms with E-state index < -0.39 is 0 Å². The maximum Gasteiger partial charge on any atom is 0.160 e. The summed E-state index contributed by atoms with van der Waals surface area (Å²) in [5.41, 5.74) is 3.52. The van der Waals surface area contributed by atoms with Gasteiger partial charge in [0, 0.05) is 18.0 Å². The summed E-state index contributed by atoms with van der Waals surface area (Å²) in [6.07, 6.45) is 6.81. The first-order valence-corrected chi connectivity index (χ1v) is 8.28. The first-order chi connectivity index (χ1) is 10.1. The third-order valence-electron chi connectivity index (χ3n) is 5.02. The quantitative estimate of drug-likeness (QED) is 0.929. The molecule has 2 unspecified atom stereocenters. The first kappa shape index (κ1) is 14.9. The van der Waals surface area contributed by atoms with Gasteiger partial charge in [0.05, 0.1) is 0 Å². The van der Waals surface area contributed by atoms with Gasteiger partial charge < -0.3 is 10.1 Å². The van der Waals surface area contributed by atoms with Crippen LogP contribution >= 0.6 is 0 Å². The minimum atomic E-state index is -0.278. The number of ether oxygens (including phenoxy) is 1. The number of nitrogens with zero attached hydrogens (tertiary/aromatic N) is 2. The molecule has 0 amide bonds. The number of hydrogen-bond acceptors (Lipinski definition) is 4. The molecule has 2 heterocycles. The molecule has 4 heteroatoms. The molecular formula is C17H27N3O. The van der Waals surface area contributed by atoms with Crippen LogP contribution in [-0.4, -0.2) is 30.2 Å². The van der Waals surface area contributed by atoms with Gasteiger partial charge >= 0.3 is 0 Å². The smallest absolute Gasteiger partial charge is 0.160 e. The summed E-state index contributed by atoms with van der Waals surface area (Å²) in [4.78, 5) is 9.73. The van der Waals surface area contributed by atoms with Crippen LogP contribution in [0.25, 0.3) is 0 Å².